The summed E-state index contributed by atoms with van der Waals surface area (Å²) in [6, 6.07) is 4.50. The molecule has 0 bridgehead atoms. The first-order chi connectivity index (χ1) is 8.20. The number of hydrogen-bond acceptors (Lipinski definition) is 4. The number of carbonyl (C=O) groups excluding carboxylic acids is 2. The van der Waals surface area contributed by atoms with Crippen molar-refractivity contribution in [1.82, 2.24) is 15.2 Å². The van der Waals surface area contributed by atoms with Crippen LogP contribution in [-0.2, 0) is 4.79 Å². The molecular weight excluding hydrogens is 220 g/mol. The Morgan fingerprint density at radius 1 is 1.47 bits per heavy atom. The highest BCUT2D eigenvalue weighted by Gasteiger charge is 2.31. The highest BCUT2D eigenvalue weighted by molar-refractivity contribution is 5.96. The first-order valence-corrected chi connectivity index (χ1v) is 5.42. The Morgan fingerprint density at radius 3 is 2.94 bits per heavy atom. The van der Waals surface area contributed by atoms with Crippen molar-refractivity contribution in [3.8, 4) is 0 Å². The summed E-state index contributed by atoms with van der Waals surface area (Å²) in [6.07, 6.45) is 1.55. The minimum Gasteiger partial charge on any atom is -0.368 e. The van der Waals surface area contributed by atoms with Gasteiger partial charge in [-0.15, -0.1) is 0 Å². The fourth-order valence-electron chi connectivity index (χ4n) is 1.84. The number of amides is 2. The molecule has 6 heteroatoms. The maximum absolute atomic E-state index is 12.1. The molecule has 90 valence electrons. The van der Waals surface area contributed by atoms with Crippen molar-refractivity contribution < 1.29 is 9.59 Å². The molecule has 0 saturated carbocycles. The lowest BCUT2D eigenvalue weighted by Crippen LogP contribution is -2.58. The van der Waals surface area contributed by atoms with Crippen LogP contribution in [0.2, 0.25) is 0 Å². The molecule has 2 rings (SSSR count). The van der Waals surface area contributed by atoms with Crippen molar-refractivity contribution in [2.24, 2.45) is 5.73 Å². The molecule has 1 aliphatic heterocycles. The standard InChI is InChI=1S/C11H14N4O2/c12-10(16)9-7-13-5-6-15(9)11(17)8-3-1-2-4-14-8/h1-4,9,13H,5-7H2,(H2,12,16). The summed E-state index contributed by atoms with van der Waals surface area (Å²) >= 11 is 0. The van der Waals surface area contributed by atoms with E-state index in [1.165, 1.54) is 4.90 Å². The molecule has 2 heterocycles. The Balaban J connectivity index is 2.20. The number of pyridine rings is 1. The molecule has 0 radical (unpaired) electrons. The molecular formula is C11H14N4O2. The second kappa shape index (κ2) is 4.92. The van der Waals surface area contributed by atoms with E-state index < -0.39 is 11.9 Å². The number of piperazine rings is 1. The van der Waals surface area contributed by atoms with Crippen LogP contribution in [0, 0.1) is 0 Å². The summed E-state index contributed by atoms with van der Waals surface area (Å²) in [5.41, 5.74) is 5.61. The lowest BCUT2D eigenvalue weighted by molar-refractivity contribution is -0.122. The largest absolute Gasteiger partial charge is 0.368 e. The van der Waals surface area contributed by atoms with Crippen LogP contribution < -0.4 is 11.1 Å². The first kappa shape index (κ1) is 11.5. The molecule has 0 spiro atoms. The monoisotopic (exact) mass is 234 g/mol. The van der Waals surface area contributed by atoms with E-state index in [1.54, 1.807) is 24.4 Å². The molecule has 17 heavy (non-hydrogen) atoms. The van der Waals surface area contributed by atoms with Crippen molar-refractivity contribution in [1.29, 1.82) is 0 Å². The minimum atomic E-state index is -0.599. The SMILES string of the molecule is NC(=O)C1CNCCN1C(=O)c1ccccn1. The summed E-state index contributed by atoms with van der Waals surface area (Å²) in [5.74, 6) is -0.752. The van der Waals surface area contributed by atoms with Gasteiger partial charge in [-0.25, -0.2) is 0 Å². The maximum Gasteiger partial charge on any atom is 0.273 e. The third kappa shape index (κ3) is 2.42. The molecule has 1 aliphatic rings. The molecule has 1 atom stereocenters. The van der Waals surface area contributed by atoms with Gasteiger partial charge in [-0.2, -0.15) is 0 Å². The zero-order valence-corrected chi connectivity index (χ0v) is 9.30. The number of carbonyl (C=O) groups is 2. The molecule has 3 N–H and O–H groups in total. The van der Waals surface area contributed by atoms with Crippen molar-refractivity contribution >= 4 is 11.8 Å². The van der Waals surface area contributed by atoms with Gasteiger partial charge < -0.3 is 16.0 Å². The van der Waals surface area contributed by atoms with Crippen LogP contribution in [0.15, 0.2) is 24.4 Å². The van der Waals surface area contributed by atoms with Gasteiger partial charge in [0.05, 0.1) is 0 Å². The van der Waals surface area contributed by atoms with Gasteiger partial charge in [-0.3, -0.25) is 14.6 Å². The van der Waals surface area contributed by atoms with Crippen LogP contribution in [0.25, 0.3) is 0 Å². The first-order valence-electron chi connectivity index (χ1n) is 5.42. The van der Waals surface area contributed by atoms with E-state index in [4.69, 9.17) is 5.73 Å². The van der Waals surface area contributed by atoms with Crippen LogP contribution >= 0.6 is 0 Å². The number of hydrogen-bond donors (Lipinski definition) is 2. The number of aromatic nitrogens is 1. The number of rotatable bonds is 2. The number of nitrogens with two attached hydrogens (primary N) is 1. The average Bonchev–Trinajstić information content (AvgIpc) is 2.39. The predicted molar refractivity (Wildman–Crippen MR) is 61.1 cm³/mol. The highest BCUT2D eigenvalue weighted by Crippen LogP contribution is 2.08. The normalized spacial score (nSPS) is 20.0. The Kier molecular flexibility index (Phi) is 3.34. The van der Waals surface area contributed by atoms with Gasteiger partial charge in [0.15, 0.2) is 0 Å². The molecule has 1 aromatic heterocycles. The Labute approximate surface area is 98.8 Å². The Morgan fingerprint density at radius 2 is 2.29 bits per heavy atom. The van der Waals surface area contributed by atoms with E-state index in [-0.39, 0.29) is 5.91 Å². The van der Waals surface area contributed by atoms with Crippen molar-refractivity contribution in [2.75, 3.05) is 19.6 Å². The number of nitrogens with zero attached hydrogens (tertiary/aromatic N) is 2. The molecule has 1 aromatic rings. The summed E-state index contributed by atoms with van der Waals surface area (Å²) in [4.78, 5) is 28.9. The predicted octanol–water partition coefficient (Wildman–Crippen LogP) is -1.02. The summed E-state index contributed by atoms with van der Waals surface area (Å²) in [6.45, 7) is 1.51. The van der Waals surface area contributed by atoms with Gasteiger partial charge in [-0.05, 0) is 12.1 Å². The van der Waals surface area contributed by atoms with E-state index in [9.17, 15) is 9.59 Å². The minimum absolute atomic E-state index is 0.254. The fourth-order valence-corrected chi connectivity index (χ4v) is 1.84. The molecule has 2 amide bonds. The van der Waals surface area contributed by atoms with E-state index in [0.29, 0.717) is 25.3 Å². The number of nitrogens with one attached hydrogen (secondary N) is 1. The third-order valence-corrected chi connectivity index (χ3v) is 2.72. The Hall–Kier alpha value is -1.95. The van der Waals surface area contributed by atoms with Gasteiger partial charge in [0.2, 0.25) is 5.91 Å². The van der Waals surface area contributed by atoms with Gasteiger partial charge in [0.1, 0.15) is 11.7 Å². The quantitative estimate of drug-likeness (QED) is 0.685. The van der Waals surface area contributed by atoms with Crippen molar-refractivity contribution in [2.45, 2.75) is 6.04 Å². The molecule has 6 nitrogen and oxygen atoms in total. The van der Waals surface area contributed by atoms with Gasteiger partial charge >= 0.3 is 0 Å². The second-order valence-corrected chi connectivity index (χ2v) is 3.84. The average molecular weight is 234 g/mol. The van der Waals surface area contributed by atoms with Gasteiger partial charge in [0, 0.05) is 25.8 Å². The van der Waals surface area contributed by atoms with Gasteiger partial charge in [-0.1, -0.05) is 6.07 Å². The third-order valence-electron chi connectivity index (χ3n) is 2.72. The smallest absolute Gasteiger partial charge is 0.273 e. The van der Waals surface area contributed by atoms with Crippen LogP contribution in [0.4, 0.5) is 0 Å². The fraction of sp³-hybridized carbons (Fsp3) is 0.364. The van der Waals surface area contributed by atoms with E-state index >= 15 is 0 Å². The Bertz CT molecular complexity index is 421. The molecule has 1 saturated heterocycles. The van der Waals surface area contributed by atoms with E-state index in [1.807, 2.05) is 0 Å². The van der Waals surface area contributed by atoms with Crippen LogP contribution in [0.3, 0.4) is 0 Å². The maximum atomic E-state index is 12.1. The molecule has 1 fully saturated rings. The lowest BCUT2D eigenvalue weighted by Gasteiger charge is -2.33. The zero-order valence-electron chi connectivity index (χ0n) is 9.30. The summed E-state index contributed by atoms with van der Waals surface area (Å²) in [5, 5.41) is 3.04. The highest BCUT2D eigenvalue weighted by atomic mass is 16.2. The van der Waals surface area contributed by atoms with Crippen molar-refractivity contribution in [3.63, 3.8) is 0 Å². The lowest BCUT2D eigenvalue weighted by atomic mass is 10.1. The summed E-state index contributed by atoms with van der Waals surface area (Å²) < 4.78 is 0. The molecule has 0 aromatic carbocycles. The van der Waals surface area contributed by atoms with Crippen LogP contribution in [-0.4, -0.2) is 47.4 Å². The second-order valence-electron chi connectivity index (χ2n) is 3.84. The van der Waals surface area contributed by atoms with Crippen molar-refractivity contribution in [3.05, 3.63) is 30.1 Å². The van der Waals surface area contributed by atoms with Crippen LogP contribution in [0.5, 0.6) is 0 Å². The van der Waals surface area contributed by atoms with Gasteiger partial charge in [0.25, 0.3) is 5.91 Å². The number of primary amides is 1. The van der Waals surface area contributed by atoms with E-state index in [0.717, 1.165) is 0 Å². The van der Waals surface area contributed by atoms with Crippen LogP contribution in [0.1, 0.15) is 10.5 Å². The topological polar surface area (TPSA) is 88.3 Å². The summed E-state index contributed by atoms with van der Waals surface area (Å²) in [7, 11) is 0. The molecule has 1 unspecified atom stereocenters. The zero-order chi connectivity index (χ0) is 12.3. The van der Waals surface area contributed by atoms with E-state index in [2.05, 4.69) is 10.3 Å². The molecule has 0 aliphatic carbocycles.